The minimum Gasteiger partial charge on any atom is -0.382 e. The van der Waals surface area contributed by atoms with Gasteiger partial charge in [0.05, 0.1) is 11.2 Å². The molecule has 23 heavy (non-hydrogen) atoms. The molecule has 1 unspecified atom stereocenters. The second-order valence-corrected chi connectivity index (χ2v) is 6.44. The fraction of sp³-hybridized carbons (Fsp3) is 0.385. The summed E-state index contributed by atoms with van der Waals surface area (Å²) in [6.07, 6.45) is 2.33. The molecule has 10 heteroatoms. The minimum absolute atomic E-state index is 0.0502. The van der Waals surface area contributed by atoms with E-state index in [9.17, 15) is 4.79 Å². The SMILES string of the molecule is Cc1snnc1C(=O)N1CCC(c2nc(N)c3[nH]cnc3n2)C1. The first-order valence-electron chi connectivity index (χ1n) is 7.18. The number of aromatic amines is 1. The number of anilines is 1. The maximum Gasteiger partial charge on any atom is 0.275 e. The summed E-state index contributed by atoms with van der Waals surface area (Å²) in [5.41, 5.74) is 7.57. The molecule has 0 aliphatic carbocycles. The van der Waals surface area contributed by atoms with E-state index in [1.54, 1.807) is 11.2 Å². The van der Waals surface area contributed by atoms with E-state index in [2.05, 4.69) is 29.5 Å². The lowest BCUT2D eigenvalue weighted by Crippen LogP contribution is -2.29. The van der Waals surface area contributed by atoms with Crippen molar-refractivity contribution < 1.29 is 4.79 Å². The maximum absolute atomic E-state index is 12.5. The number of hydrogen-bond donors (Lipinski definition) is 2. The maximum atomic E-state index is 12.5. The van der Waals surface area contributed by atoms with E-state index in [1.807, 2.05) is 6.92 Å². The molecule has 0 aromatic carbocycles. The summed E-state index contributed by atoms with van der Waals surface area (Å²) in [7, 11) is 0. The van der Waals surface area contributed by atoms with Crippen molar-refractivity contribution in [2.45, 2.75) is 19.3 Å². The van der Waals surface area contributed by atoms with Gasteiger partial charge in [0, 0.05) is 19.0 Å². The molecule has 0 radical (unpaired) electrons. The molecule has 1 saturated heterocycles. The minimum atomic E-state index is -0.0902. The van der Waals surface area contributed by atoms with Gasteiger partial charge in [-0.25, -0.2) is 15.0 Å². The lowest BCUT2D eigenvalue weighted by molar-refractivity contribution is 0.0784. The van der Waals surface area contributed by atoms with Crippen LogP contribution in [0.3, 0.4) is 0 Å². The number of hydrogen-bond acceptors (Lipinski definition) is 8. The number of carbonyl (C=O) groups is 1. The Balaban J connectivity index is 1.57. The van der Waals surface area contributed by atoms with E-state index in [0.29, 0.717) is 41.6 Å². The number of nitrogen functional groups attached to an aromatic ring is 1. The van der Waals surface area contributed by atoms with E-state index in [1.165, 1.54) is 11.5 Å². The smallest absolute Gasteiger partial charge is 0.275 e. The van der Waals surface area contributed by atoms with Crippen LogP contribution in [0.5, 0.6) is 0 Å². The number of nitrogens with zero attached hydrogens (tertiary/aromatic N) is 6. The number of nitrogens with one attached hydrogen (secondary N) is 1. The highest BCUT2D eigenvalue weighted by Crippen LogP contribution is 2.28. The third kappa shape index (κ3) is 2.31. The average Bonchev–Trinajstić information content (AvgIpc) is 3.26. The van der Waals surface area contributed by atoms with Crippen LogP contribution in [-0.4, -0.2) is 53.4 Å². The first-order chi connectivity index (χ1) is 11.1. The van der Waals surface area contributed by atoms with E-state index in [-0.39, 0.29) is 11.8 Å². The van der Waals surface area contributed by atoms with E-state index < -0.39 is 0 Å². The van der Waals surface area contributed by atoms with Gasteiger partial charge in [-0.3, -0.25) is 4.79 Å². The Morgan fingerprint density at radius 3 is 3.13 bits per heavy atom. The van der Waals surface area contributed by atoms with Gasteiger partial charge in [-0.15, -0.1) is 5.10 Å². The summed E-state index contributed by atoms with van der Waals surface area (Å²) in [4.78, 5) is 31.0. The number of imidazole rings is 1. The zero-order valence-electron chi connectivity index (χ0n) is 12.4. The number of likely N-dealkylation sites (tertiary alicyclic amines) is 1. The predicted octanol–water partition coefficient (Wildman–Crippen LogP) is 0.725. The Morgan fingerprint density at radius 2 is 2.35 bits per heavy atom. The number of amides is 1. The van der Waals surface area contributed by atoms with Crippen molar-refractivity contribution in [3.63, 3.8) is 0 Å². The fourth-order valence-electron chi connectivity index (χ4n) is 2.79. The van der Waals surface area contributed by atoms with Crippen LogP contribution >= 0.6 is 11.5 Å². The van der Waals surface area contributed by atoms with Gasteiger partial charge in [-0.1, -0.05) is 4.49 Å². The van der Waals surface area contributed by atoms with Crippen LogP contribution in [0.2, 0.25) is 0 Å². The van der Waals surface area contributed by atoms with Gasteiger partial charge in [0.15, 0.2) is 17.2 Å². The van der Waals surface area contributed by atoms with Gasteiger partial charge in [0.2, 0.25) is 0 Å². The first-order valence-corrected chi connectivity index (χ1v) is 7.95. The standard InChI is InChI=1S/C13H14N8OS/c1-6-8(19-20-23-6)13(22)21-3-2-7(4-21)11-17-10(14)9-12(18-11)16-5-15-9/h5,7H,2-4H2,1H3,(H3,14,15,16,17,18). The molecule has 1 aliphatic rings. The molecule has 3 N–H and O–H groups in total. The summed E-state index contributed by atoms with van der Waals surface area (Å²) in [5.74, 6) is 0.971. The van der Waals surface area contributed by atoms with Gasteiger partial charge in [-0.05, 0) is 24.9 Å². The van der Waals surface area contributed by atoms with E-state index >= 15 is 0 Å². The largest absolute Gasteiger partial charge is 0.382 e. The summed E-state index contributed by atoms with van der Waals surface area (Å²) in [6, 6.07) is 0. The third-order valence-electron chi connectivity index (χ3n) is 4.03. The van der Waals surface area contributed by atoms with Crippen LogP contribution in [0.25, 0.3) is 11.2 Å². The van der Waals surface area contributed by atoms with Crippen molar-refractivity contribution in [1.82, 2.24) is 34.4 Å². The highest BCUT2D eigenvalue weighted by Gasteiger charge is 2.32. The Kier molecular flexibility index (Phi) is 3.18. The zero-order valence-corrected chi connectivity index (χ0v) is 13.2. The van der Waals surface area contributed by atoms with Crippen molar-refractivity contribution >= 4 is 34.4 Å². The number of H-pyrrole nitrogens is 1. The van der Waals surface area contributed by atoms with E-state index in [0.717, 1.165) is 11.3 Å². The van der Waals surface area contributed by atoms with Gasteiger partial charge in [-0.2, -0.15) is 0 Å². The number of rotatable bonds is 2. The van der Waals surface area contributed by atoms with Gasteiger partial charge in [0.25, 0.3) is 5.91 Å². The molecule has 3 aromatic rings. The molecule has 1 amide bonds. The highest BCUT2D eigenvalue weighted by atomic mass is 32.1. The molecule has 4 rings (SSSR count). The lowest BCUT2D eigenvalue weighted by atomic mass is 10.1. The number of aromatic nitrogens is 6. The van der Waals surface area contributed by atoms with Crippen molar-refractivity contribution in [1.29, 1.82) is 0 Å². The van der Waals surface area contributed by atoms with Crippen molar-refractivity contribution in [2.75, 3.05) is 18.8 Å². The summed E-state index contributed by atoms with van der Waals surface area (Å²) >= 11 is 1.23. The van der Waals surface area contributed by atoms with Crippen molar-refractivity contribution in [2.24, 2.45) is 0 Å². The number of nitrogens with two attached hydrogens (primary N) is 1. The molecule has 1 fully saturated rings. The summed E-state index contributed by atoms with van der Waals surface area (Å²) in [6.45, 7) is 3.04. The molecule has 0 bridgehead atoms. The second kappa shape index (κ2) is 5.23. The molecule has 9 nitrogen and oxygen atoms in total. The fourth-order valence-corrected chi connectivity index (χ4v) is 3.25. The first kappa shape index (κ1) is 14.0. The Labute approximate surface area is 135 Å². The predicted molar refractivity (Wildman–Crippen MR) is 84.0 cm³/mol. The molecular weight excluding hydrogens is 316 g/mol. The van der Waals surface area contributed by atoms with Crippen LogP contribution in [-0.2, 0) is 0 Å². The Morgan fingerprint density at radius 1 is 1.48 bits per heavy atom. The average molecular weight is 330 g/mol. The highest BCUT2D eigenvalue weighted by molar-refractivity contribution is 7.05. The third-order valence-corrected chi connectivity index (χ3v) is 4.66. The normalized spacial score (nSPS) is 18.0. The molecule has 4 heterocycles. The Hall–Kier alpha value is -2.62. The quantitative estimate of drug-likeness (QED) is 0.709. The van der Waals surface area contributed by atoms with Crippen LogP contribution < -0.4 is 5.73 Å². The topological polar surface area (TPSA) is 127 Å². The lowest BCUT2D eigenvalue weighted by Gasteiger charge is -2.15. The molecule has 1 atom stereocenters. The monoisotopic (exact) mass is 330 g/mol. The van der Waals surface area contributed by atoms with Crippen molar-refractivity contribution in [3.05, 3.63) is 22.7 Å². The van der Waals surface area contributed by atoms with E-state index in [4.69, 9.17) is 5.73 Å². The molecule has 0 spiro atoms. The molecule has 0 saturated carbocycles. The van der Waals surface area contributed by atoms with Crippen LogP contribution in [0.4, 0.5) is 5.82 Å². The van der Waals surface area contributed by atoms with Crippen molar-refractivity contribution in [3.8, 4) is 0 Å². The number of aryl methyl sites for hydroxylation is 1. The Bertz CT molecular complexity index is 887. The molecule has 3 aromatic heterocycles. The molecular formula is C13H14N8OS. The number of fused-ring (bicyclic) bond motifs is 1. The van der Waals surface area contributed by atoms with Gasteiger partial charge < -0.3 is 15.6 Å². The summed E-state index contributed by atoms with van der Waals surface area (Å²) in [5, 5.41) is 3.92. The summed E-state index contributed by atoms with van der Waals surface area (Å²) < 4.78 is 3.82. The van der Waals surface area contributed by atoms with Crippen LogP contribution in [0.15, 0.2) is 6.33 Å². The molecule has 118 valence electrons. The van der Waals surface area contributed by atoms with Crippen LogP contribution in [0, 0.1) is 6.92 Å². The second-order valence-electron chi connectivity index (χ2n) is 5.48. The number of carbonyl (C=O) groups excluding carboxylic acids is 1. The zero-order chi connectivity index (χ0) is 16.0. The van der Waals surface area contributed by atoms with Crippen LogP contribution in [0.1, 0.15) is 33.5 Å². The van der Waals surface area contributed by atoms with Gasteiger partial charge >= 0.3 is 0 Å². The van der Waals surface area contributed by atoms with Gasteiger partial charge in [0.1, 0.15) is 11.3 Å². The molecule has 1 aliphatic heterocycles.